The van der Waals surface area contributed by atoms with E-state index in [-0.39, 0.29) is 11.8 Å². The van der Waals surface area contributed by atoms with E-state index in [1.54, 1.807) is 18.6 Å². The summed E-state index contributed by atoms with van der Waals surface area (Å²) in [5, 5.41) is 0. The van der Waals surface area contributed by atoms with E-state index < -0.39 is 0 Å². The van der Waals surface area contributed by atoms with Crippen LogP contribution in [0.3, 0.4) is 0 Å². The summed E-state index contributed by atoms with van der Waals surface area (Å²) in [7, 11) is 0. The van der Waals surface area contributed by atoms with Gasteiger partial charge >= 0.3 is 0 Å². The van der Waals surface area contributed by atoms with E-state index in [1.807, 2.05) is 37.8 Å². The lowest BCUT2D eigenvalue weighted by Gasteiger charge is -2.33. The molecular weight excluding hydrogens is 354 g/mol. The fourth-order valence-electron chi connectivity index (χ4n) is 3.67. The first-order valence-electron chi connectivity index (χ1n) is 10.0. The predicted molar refractivity (Wildman–Crippen MR) is 107 cm³/mol. The molecule has 1 atom stereocenters. The molecule has 7 heteroatoms. The number of likely N-dealkylation sites (tertiary alicyclic amines) is 1. The van der Waals surface area contributed by atoms with Gasteiger partial charge in [-0.25, -0.2) is 4.98 Å². The number of aryl methyl sites for hydroxylation is 1. The molecule has 3 rings (SSSR count). The Labute approximate surface area is 166 Å². The van der Waals surface area contributed by atoms with Crippen LogP contribution in [0.2, 0.25) is 0 Å². The summed E-state index contributed by atoms with van der Waals surface area (Å²) in [6.07, 6.45) is 7.13. The predicted octanol–water partition coefficient (Wildman–Crippen LogP) is 3.02. The summed E-state index contributed by atoms with van der Waals surface area (Å²) in [6.45, 7) is 9.62. The summed E-state index contributed by atoms with van der Waals surface area (Å²) in [6, 6.07) is 3.73. The van der Waals surface area contributed by atoms with Crippen LogP contribution in [0, 0.1) is 6.92 Å². The van der Waals surface area contributed by atoms with Crippen LogP contribution in [-0.2, 0) is 4.79 Å². The number of ether oxygens (including phenoxy) is 1. The molecule has 0 aromatic carbocycles. The molecule has 7 nitrogen and oxygen atoms in total. The first kappa shape index (κ1) is 20.2. The minimum atomic E-state index is 0.187. The number of carbonyl (C=O) groups is 1. The quantitative estimate of drug-likeness (QED) is 0.732. The normalized spacial score (nSPS) is 17.3. The Hall–Kier alpha value is -2.54. The van der Waals surface area contributed by atoms with Gasteiger partial charge in [-0.15, -0.1) is 0 Å². The van der Waals surface area contributed by atoms with Crippen molar-refractivity contribution in [3.63, 3.8) is 0 Å². The third-order valence-electron chi connectivity index (χ3n) is 5.22. The first-order valence-corrected chi connectivity index (χ1v) is 10.0. The molecule has 0 aliphatic carbocycles. The van der Waals surface area contributed by atoms with Gasteiger partial charge in [-0.2, -0.15) is 0 Å². The van der Waals surface area contributed by atoms with Gasteiger partial charge in [-0.3, -0.25) is 19.7 Å². The molecular formula is C21H29N5O2. The zero-order valence-corrected chi connectivity index (χ0v) is 17.0. The van der Waals surface area contributed by atoms with E-state index >= 15 is 0 Å². The van der Waals surface area contributed by atoms with Gasteiger partial charge in [0, 0.05) is 44.1 Å². The number of piperidine rings is 1. The van der Waals surface area contributed by atoms with Crippen molar-refractivity contribution in [2.75, 3.05) is 32.7 Å². The Morgan fingerprint density at radius 1 is 1.21 bits per heavy atom. The van der Waals surface area contributed by atoms with E-state index in [4.69, 9.17) is 4.74 Å². The van der Waals surface area contributed by atoms with Crippen LogP contribution in [0.5, 0.6) is 11.6 Å². The Balaban J connectivity index is 1.73. The largest absolute Gasteiger partial charge is 0.435 e. The Morgan fingerprint density at radius 3 is 2.75 bits per heavy atom. The fraction of sp³-hybridized carbons (Fsp3) is 0.524. The smallest absolute Gasteiger partial charge is 0.241 e. The molecule has 0 unspecified atom stereocenters. The number of pyridine rings is 1. The van der Waals surface area contributed by atoms with Gasteiger partial charge in [-0.05, 0) is 52.3 Å². The lowest BCUT2D eigenvalue weighted by atomic mass is 9.94. The van der Waals surface area contributed by atoms with Crippen molar-refractivity contribution in [3.05, 3.63) is 42.1 Å². The highest BCUT2D eigenvalue weighted by atomic mass is 16.5. The van der Waals surface area contributed by atoms with Gasteiger partial charge in [0.25, 0.3) is 0 Å². The topological polar surface area (TPSA) is 71.5 Å². The summed E-state index contributed by atoms with van der Waals surface area (Å²) < 4.78 is 6.05. The summed E-state index contributed by atoms with van der Waals surface area (Å²) in [5.41, 5.74) is 1.67. The number of amides is 1. The molecule has 1 fully saturated rings. The fourth-order valence-corrected chi connectivity index (χ4v) is 3.67. The molecule has 1 saturated heterocycles. The molecule has 2 aromatic heterocycles. The van der Waals surface area contributed by atoms with Crippen molar-refractivity contribution >= 4 is 5.91 Å². The Morgan fingerprint density at radius 2 is 2.00 bits per heavy atom. The maximum absolute atomic E-state index is 12.5. The molecule has 0 saturated carbocycles. The summed E-state index contributed by atoms with van der Waals surface area (Å²) in [4.78, 5) is 29.9. The van der Waals surface area contributed by atoms with Crippen LogP contribution < -0.4 is 4.74 Å². The van der Waals surface area contributed by atoms with E-state index in [1.165, 1.54) is 0 Å². The van der Waals surface area contributed by atoms with Crippen molar-refractivity contribution in [2.45, 2.75) is 39.5 Å². The Bertz CT molecular complexity index is 794. The van der Waals surface area contributed by atoms with Crippen LogP contribution in [0.15, 0.2) is 30.7 Å². The second kappa shape index (κ2) is 9.59. The maximum atomic E-state index is 12.5. The number of hydrogen-bond acceptors (Lipinski definition) is 6. The van der Waals surface area contributed by atoms with E-state index in [2.05, 4.69) is 19.9 Å². The monoisotopic (exact) mass is 383 g/mol. The third-order valence-corrected chi connectivity index (χ3v) is 5.22. The van der Waals surface area contributed by atoms with E-state index in [0.717, 1.165) is 50.4 Å². The molecule has 0 N–H and O–H groups in total. The van der Waals surface area contributed by atoms with Gasteiger partial charge in [0.05, 0.1) is 12.2 Å². The van der Waals surface area contributed by atoms with Gasteiger partial charge in [0.2, 0.25) is 11.8 Å². The molecule has 1 amide bonds. The molecule has 28 heavy (non-hydrogen) atoms. The molecule has 150 valence electrons. The number of rotatable bonds is 7. The molecule has 0 spiro atoms. The molecule has 0 radical (unpaired) electrons. The average molecular weight is 383 g/mol. The number of nitrogens with zero attached hydrogens (tertiary/aromatic N) is 5. The average Bonchev–Trinajstić information content (AvgIpc) is 2.71. The van der Waals surface area contributed by atoms with E-state index in [0.29, 0.717) is 18.2 Å². The van der Waals surface area contributed by atoms with Crippen LogP contribution >= 0.6 is 0 Å². The van der Waals surface area contributed by atoms with Crippen molar-refractivity contribution in [3.8, 4) is 11.6 Å². The minimum absolute atomic E-state index is 0.187. The van der Waals surface area contributed by atoms with Crippen molar-refractivity contribution in [2.24, 2.45) is 0 Å². The van der Waals surface area contributed by atoms with Gasteiger partial charge in [-0.1, -0.05) is 0 Å². The van der Waals surface area contributed by atoms with Crippen molar-refractivity contribution in [1.82, 2.24) is 24.8 Å². The van der Waals surface area contributed by atoms with Crippen LogP contribution in [-0.4, -0.2) is 63.4 Å². The summed E-state index contributed by atoms with van der Waals surface area (Å²) in [5.74, 6) is 1.60. The summed E-state index contributed by atoms with van der Waals surface area (Å²) >= 11 is 0. The maximum Gasteiger partial charge on any atom is 0.241 e. The highest BCUT2D eigenvalue weighted by Crippen LogP contribution is 2.33. The van der Waals surface area contributed by atoms with Gasteiger partial charge in [0.1, 0.15) is 5.69 Å². The number of aromatic nitrogens is 3. The van der Waals surface area contributed by atoms with Gasteiger partial charge < -0.3 is 9.64 Å². The first-order chi connectivity index (χ1) is 13.6. The zero-order chi connectivity index (χ0) is 19.9. The number of carbonyl (C=O) groups excluding carboxylic acids is 1. The molecule has 2 aromatic rings. The molecule has 1 aliphatic rings. The third kappa shape index (κ3) is 4.84. The molecule has 3 heterocycles. The van der Waals surface area contributed by atoms with E-state index in [9.17, 15) is 4.79 Å². The van der Waals surface area contributed by atoms with Crippen molar-refractivity contribution < 1.29 is 9.53 Å². The minimum Gasteiger partial charge on any atom is -0.435 e. The van der Waals surface area contributed by atoms with Crippen molar-refractivity contribution in [1.29, 1.82) is 0 Å². The number of hydrogen-bond donors (Lipinski definition) is 0. The lowest BCUT2D eigenvalue weighted by molar-refractivity contribution is -0.132. The standard InChI is InChI=1S/C21H29N5O2/c1-4-26(5-2)19(27)15-25-13-7-8-17(14-25)20-21(24-12-11-23-20)28-18-9-6-10-22-16(18)3/h6,9-12,17H,4-5,7-8,13-15H2,1-3H3/t17-/m0/s1. The van der Waals surface area contributed by atoms with Crippen LogP contribution in [0.4, 0.5) is 0 Å². The van der Waals surface area contributed by atoms with Crippen LogP contribution in [0.25, 0.3) is 0 Å². The second-order valence-electron chi connectivity index (χ2n) is 7.08. The lowest BCUT2D eigenvalue weighted by Crippen LogP contribution is -2.43. The van der Waals surface area contributed by atoms with Crippen LogP contribution in [0.1, 0.15) is 44.0 Å². The second-order valence-corrected chi connectivity index (χ2v) is 7.08. The zero-order valence-electron chi connectivity index (χ0n) is 17.0. The SMILES string of the molecule is CCN(CC)C(=O)CN1CCC[C@H](c2nccnc2Oc2cccnc2C)C1. The number of likely N-dealkylation sites (N-methyl/N-ethyl adjacent to an activating group) is 1. The molecule has 1 aliphatic heterocycles. The highest BCUT2D eigenvalue weighted by Gasteiger charge is 2.27. The Kier molecular flexibility index (Phi) is 6.92. The molecule has 0 bridgehead atoms. The van der Waals surface area contributed by atoms with Gasteiger partial charge in [0.15, 0.2) is 5.75 Å². The highest BCUT2D eigenvalue weighted by molar-refractivity contribution is 5.78.